The summed E-state index contributed by atoms with van der Waals surface area (Å²) in [6.45, 7) is 16.7. The highest BCUT2D eigenvalue weighted by Crippen LogP contribution is 2.27. The van der Waals surface area contributed by atoms with Crippen LogP contribution in [0.15, 0.2) is 97.7 Å². The summed E-state index contributed by atoms with van der Waals surface area (Å²) < 4.78 is 0. The maximum Gasteiger partial charge on any atom is 0.0426 e. The quantitative estimate of drug-likeness (QED) is 0.265. The Balaban J connectivity index is 0.000000281. The van der Waals surface area contributed by atoms with Gasteiger partial charge in [-0.25, -0.2) is 0 Å². The van der Waals surface area contributed by atoms with E-state index < -0.39 is 0 Å². The molecule has 1 aliphatic heterocycles. The molecule has 202 valence electrons. The molecular formula is C36H53N. The summed E-state index contributed by atoms with van der Waals surface area (Å²) in [7, 11) is 0. The Labute approximate surface area is 229 Å². The van der Waals surface area contributed by atoms with Gasteiger partial charge in [-0.2, -0.15) is 0 Å². The number of unbranched alkanes of at least 4 members (excludes halogenated alkanes) is 5. The first-order valence-electron chi connectivity index (χ1n) is 14.8. The summed E-state index contributed by atoms with van der Waals surface area (Å²) in [6.07, 6.45) is 12.7. The van der Waals surface area contributed by atoms with Crippen molar-refractivity contribution in [2.24, 2.45) is 0 Å². The smallest absolute Gasteiger partial charge is 0.0426 e. The molecule has 1 aliphatic rings. The number of fused-ring (bicyclic) bond motifs is 1. The molecule has 0 aromatic heterocycles. The van der Waals surface area contributed by atoms with E-state index in [4.69, 9.17) is 0 Å². The Bertz CT molecular complexity index is 870. The van der Waals surface area contributed by atoms with Gasteiger partial charge in [0, 0.05) is 19.0 Å². The Kier molecular flexibility index (Phi) is 18.6. The molecule has 3 aromatic carbocycles. The lowest BCUT2D eigenvalue weighted by molar-refractivity contribution is 0.354. The van der Waals surface area contributed by atoms with Crippen LogP contribution in [0.25, 0.3) is 0 Å². The molecule has 0 saturated carbocycles. The largest absolute Gasteiger partial charge is 0.373 e. The Morgan fingerprint density at radius 3 is 1.57 bits per heavy atom. The van der Waals surface area contributed by atoms with Crippen LogP contribution in [0.1, 0.15) is 108 Å². The summed E-state index contributed by atoms with van der Waals surface area (Å²) in [5.74, 6) is 0.535. The molecule has 0 radical (unpaired) electrons. The van der Waals surface area contributed by atoms with Crippen LogP contribution in [-0.2, 0) is 13.0 Å². The maximum absolute atomic E-state index is 3.78. The normalized spacial score (nSPS) is 11.6. The average molecular weight is 500 g/mol. The third kappa shape index (κ3) is 12.8. The van der Waals surface area contributed by atoms with E-state index in [0.29, 0.717) is 5.92 Å². The minimum absolute atomic E-state index is 0.535. The number of hydrogen-bond donors (Lipinski definition) is 0. The Morgan fingerprint density at radius 1 is 0.676 bits per heavy atom. The van der Waals surface area contributed by atoms with Crippen LogP contribution in [0, 0.1) is 0 Å². The number of benzene rings is 3. The molecule has 0 spiro atoms. The summed E-state index contributed by atoms with van der Waals surface area (Å²) in [5, 5.41) is 0. The molecule has 0 aliphatic carbocycles. The van der Waals surface area contributed by atoms with Crippen LogP contribution in [-0.4, -0.2) is 11.4 Å². The van der Waals surface area contributed by atoms with Gasteiger partial charge in [0.05, 0.1) is 0 Å². The van der Waals surface area contributed by atoms with E-state index >= 15 is 0 Å². The number of hydrogen-bond acceptors (Lipinski definition) is 1. The molecule has 37 heavy (non-hydrogen) atoms. The molecule has 0 saturated heterocycles. The van der Waals surface area contributed by atoms with Crippen molar-refractivity contribution in [3.63, 3.8) is 0 Å². The lowest BCUT2D eigenvalue weighted by Gasteiger charge is -2.26. The minimum Gasteiger partial charge on any atom is -0.373 e. The second kappa shape index (κ2) is 21.3. The fourth-order valence-electron chi connectivity index (χ4n) is 4.56. The summed E-state index contributed by atoms with van der Waals surface area (Å²) in [4.78, 5) is 2.25. The van der Waals surface area contributed by atoms with Crippen LogP contribution in [0.4, 0.5) is 0 Å². The molecule has 0 N–H and O–H groups in total. The van der Waals surface area contributed by atoms with Gasteiger partial charge < -0.3 is 4.90 Å². The van der Waals surface area contributed by atoms with Crippen molar-refractivity contribution in [2.75, 3.05) is 6.54 Å². The van der Waals surface area contributed by atoms with Gasteiger partial charge in [-0.3, -0.25) is 0 Å². The minimum atomic E-state index is 0.535. The molecule has 4 rings (SSSR count). The second-order valence-corrected chi connectivity index (χ2v) is 9.37. The molecule has 0 amide bonds. The van der Waals surface area contributed by atoms with Gasteiger partial charge in [-0.05, 0) is 41.3 Å². The van der Waals surface area contributed by atoms with E-state index in [9.17, 15) is 0 Å². The van der Waals surface area contributed by atoms with Crippen molar-refractivity contribution in [1.82, 2.24) is 4.90 Å². The van der Waals surface area contributed by atoms with Crippen LogP contribution >= 0.6 is 0 Å². The molecule has 3 aromatic rings. The van der Waals surface area contributed by atoms with Gasteiger partial charge in [0.1, 0.15) is 0 Å². The fourth-order valence-corrected chi connectivity index (χ4v) is 4.56. The first-order chi connectivity index (χ1) is 18.2. The predicted molar refractivity (Wildman–Crippen MR) is 166 cm³/mol. The van der Waals surface area contributed by atoms with Gasteiger partial charge in [-0.15, -0.1) is 0 Å². The second-order valence-electron chi connectivity index (χ2n) is 9.37. The van der Waals surface area contributed by atoms with Gasteiger partial charge in [0.15, 0.2) is 0 Å². The zero-order chi connectivity index (χ0) is 27.1. The van der Waals surface area contributed by atoms with E-state index in [-0.39, 0.29) is 0 Å². The topological polar surface area (TPSA) is 3.24 Å². The molecule has 1 heteroatoms. The van der Waals surface area contributed by atoms with Crippen molar-refractivity contribution in [3.8, 4) is 0 Å². The highest BCUT2D eigenvalue weighted by Gasteiger charge is 2.11. The Morgan fingerprint density at radius 2 is 1.14 bits per heavy atom. The summed E-state index contributed by atoms with van der Waals surface area (Å²) in [6, 6.07) is 30.1. The van der Waals surface area contributed by atoms with Crippen molar-refractivity contribution >= 4 is 0 Å². The number of rotatable bonds is 9. The summed E-state index contributed by atoms with van der Waals surface area (Å²) >= 11 is 0. The third-order valence-electron chi connectivity index (χ3n) is 6.69. The van der Waals surface area contributed by atoms with Crippen LogP contribution in [0.3, 0.4) is 0 Å². The SMILES string of the molecule is C=CN1CCc2ccccc2C1.CC.CCC(c1ccccc1)c1ccccc1.CCCCCCCC. The molecule has 0 atom stereocenters. The average Bonchev–Trinajstić information content (AvgIpc) is 2.98. The predicted octanol–water partition coefficient (Wildman–Crippen LogP) is 10.8. The molecule has 1 nitrogen and oxygen atoms in total. The summed E-state index contributed by atoms with van der Waals surface area (Å²) in [5.41, 5.74) is 5.76. The highest BCUT2D eigenvalue weighted by atomic mass is 15.1. The zero-order valence-corrected chi connectivity index (χ0v) is 24.5. The van der Waals surface area contributed by atoms with Crippen molar-refractivity contribution in [1.29, 1.82) is 0 Å². The highest BCUT2D eigenvalue weighted by molar-refractivity contribution is 5.32. The molecule has 0 bridgehead atoms. The van der Waals surface area contributed by atoms with Gasteiger partial charge in [0.25, 0.3) is 0 Å². The van der Waals surface area contributed by atoms with E-state index in [2.05, 4.69) is 117 Å². The first kappa shape index (κ1) is 32.2. The van der Waals surface area contributed by atoms with Gasteiger partial charge in [-0.1, -0.05) is 165 Å². The molecule has 1 heterocycles. The van der Waals surface area contributed by atoms with E-state index in [0.717, 1.165) is 25.9 Å². The Hall–Kier alpha value is -2.80. The molecular weight excluding hydrogens is 446 g/mol. The first-order valence-corrected chi connectivity index (χ1v) is 14.8. The van der Waals surface area contributed by atoms with Crippen molar-refractivity contribution in [3.05, 3.63) is 120 Å². The lowest BCUT2D eigenvalue weighted by atomic mass is 9.89. The lowest BCUT2D eigenvalue weighted by Crippen LogP contribution is -2.25. The van der Waals surface area contributed by atoms with E-state index in [1.807, 2.05) is 20.0 Å². The van der Waals surface area contributed by atoms with Crippen molar-refractivity contribution in [2.45, 2.75) is 98.4 Å². The fraction of sp³-hybridized carbons (Fsp3) is 0.444. The third-order valence-corrected chi connectivity index (χ3v) is 6.69. The van der Waals surface area contributed by atoms with Gasteiger partial charge >= 0.3 is 0 Å². The van der Waals surface area contributed by atoms with Crippen LogP contribution < -0.4 is 0 Å². The zero-order valence-electron chi connectivity index (χ0n) is 24.5. The van der Waals surface area contributed by atoms with Gasteiger partial charge in [0.2, 0.25) is 0 Å². The standard InChI is InChI=1S/C15H16.C11H13N.C8H18.C2H6/c1-2-15(13-9-5-3-6-10-13)14-11-7-4-8-12-14;1-2-12-8-7-10-5-3-4-6-11(10)9-12;1-3-5-7-8-6-4-2;1-2/h3-12,15H,2H2,1H3;2-6H,1,7-9H2;3-8H2,1-2H3;1-2H3. The van der Waals surface area contributed by atoms with E-state index in [1.54, 1.807) is 0 Å². The number of nitrogens with zero attached hydrogens (tertiary/aromatic N) is 1. The van der Waals surface area contributed by atoms with E-state index in [1.165, 1.54) is 60.8 Å². The van der Waals surface area contributed by atoms with Crippen LogP contribution in [0.5, 0.6) is 0 Å². The monoisotopic (exact) mass is 499 g/mol. The molecule has 0 unspecified atom stereocenters. The van der Waals surface area contributed by atoms with Crippen LogP contribution in [0.2, 0.25) is 0 Å². The molecule has 0 fully saturated rings. The van der Waals surface area contributed by atoms with Crippen molar-refractivity contribution < 1.29 is 0 Å². The maximum atomic E-state index is 3.78.